The van der Waals surface area contributed by atoms with E-state index in [1.165, 1.54) is 12.1 Å². The molecule has 1 aromatic carbocycles. The molecule has 9 heteroatoms. The number of rotatable bonds is 6. The smallest absolute Gasteiger partial charge is 0.242 e. The van der Waals surface area contributed by atoms with Gasteiger partial charge in [-0.15, -0.1) is 0 Å². The quantitative estimate of drug-likeness (QED) is 0.536. The molecule has 5 N–H and O–H groups in total. The van der Waals surface area contributed by atoms with Gasteiger partial charge in [-0.3, -0.25) is 4.79 Å². The molecule has 0 aliphatic rings. The summed E-state index contributed by atoms with van der Waals surface area (Å²) in [4.78, 5) is 10.4. The van der Waals surface area contributed by atoms with E-state index in [1.807, 2.05) is 0 Å². The number of carbonyl (C=O) groups is 1. The first-order chi connectivity index (χ1) is 8.75. The lowest BCUT2D eigenvalue weighted by atomic mass is 10.3. The molecule has 0 aliphatic heterocycles. The Morgan fingerprint density at radius 2 is 1.95 bits per heavy atom. The number of nitrogens with two attached hydrogens (primary N) is 2. The zero-order valence-electron chi connectivity index (χ0n) is 9.82. The fourth-order valence-electron chi connectivity index (χ4n) is 1.30. The third-order valence-electron chi connectivity index (χ3n) is 2.27. The molecule has 0 aromatic heterocycles. The minimum atomic E-state index is -3.80. The summed E-state index contributed by atoms with van der Waals surface area (Å²) in [7, 11) is -3.80. The first kappa shape index (κ1) is 16.0. The van der Waals surface area contributed by atoms with Crippen LogP contribution < -0.4 is 16.2 Å². The Balaban J connectivity index is 2.84. The molecule has 0 atom stereocenters. The SMILES string of the molecule is NC(=O)CCCNS(=O)(=O)c1ccc(Cl)c(N)c1Cl. The van der Waals surface area contributed by atoms with Crippen molar-refractivity contribution in [3.8, 4) is 0 Å². The van der Waals surface area contributed by atoms with E-state index in [1.54, 1.807) is 0 Å². The van der Waals surface area contributed by atoms with E-state index in [4.69, 9.17) is 34.7 Å². The molecular weight excluding hydrogens is 313 g/mol. The molecule has 0 spiro atoms. The molecule has 1 rings (SSSR count). The van der Waals surface area contributed by atoms with Gasteiger partial charge in [-0.05, 0) is 18.6 Å². The maximum atomic E-state index is 12.0. The van der Waals surface area contributed by atoms with Crippen LogP contribution in [-0.4, -0.2) is 20.9 Å². The highest BCUT2D eigenvalue weighted by atomic mass is 35.5. The van der Waals surface area contributed by atoms with Gasteiger partial charge in [0, 0.05) is 13.0 Å². The van der Waals surface area contributed by atoms with Crippen LogP contribution in [0, 0.1) is 0 Å². The average molecular weight is 326 g/mol. The highest BCUT2D eigenvalue weighted by Gasteiger charge is 2.20. The Hall–Kier alpha value is -1.02. The summed E-state index contributed by atoms with van der Waals surface area (Å²) in [6.07, 6.45) is 0.397. The number of hydrogen-bond donors (Lipinski definition) is 3. The minimum absolute atomic E-state index is 0.00310. The van der Waals surface area contributed by atoms with Crippen LogP contribution >= 0.6 is 23.2 Å². The molecule has 1 aromatic rings. The van der Waals surface area contributed by atoms with E-state index in [0.29, 0.717) is 6.42 Å². The van der Waals surface area contributed by atoms with Crippen molar-refractivity contribution in [3.05, 3.63) is 22.2 Å². The van der Waals surface area contributed by atoms with Crippen molar-refractivity contribution < 1.29 is 13.2 Å². The summed E-state index contributed by atoms with van der Waals surface area (Å²) in [5, 5.41) is 0.0487. The second kappa shape index (κ2) is 6.42. The Bertz CT molecular complexity index is 590. The molecule has 0 aliphatic carbocycles. The van der Waals surface area contributed by atoms with Gasteiger partial charge < -0.3 is 11.5 Å². The molecule has 0 heterocycles. The third-order valence-corrected chi connectivity index (χ3v) is 4.62. The molecule has 0 unspecified atom stereocenters. The van der Waals surface area contributed by atoms with Crippen LogP contribution in [0.3, 0.4) is 0 Å². The van der Waals surface area contributed by atoms with Crippen LogP contribution in [0.15, 0.2) is 17.0 Å². The highest BCUT2D eigenvalue weighted by Crippen LogP contribution is 2.32. The standard InChI is InChI=1S/C10H13Cl2N3O3S/c11-6-3-4-7(9(12)10(6)14)19(17,18)15-5-1-2-8(13)16/h3-4,15H,1-2,5,14H2,(H2,13,16). The van der Waals surface area contributed by atoms with Crippen LogP contribution in [0.25, 0.3) is 0 Å². The Labute approximate surface area is 121 Å². The molecular formula is C10H13Cl2N3O3S. The number of amides is 1. The normalized spacial score (nSPS) is 11.5. The summed E-state index contributed by atoms with van der Waals surface area (Å²) >= 11 is 11.6. The van der Waals surface area contributed by atoms with E-state index in [0.717, 1.165) is 0 Å². The maximum absolute atomic E-state index is 12.0. The lowest BCUT2D eigenvalue weighted by Crippen LogP contribution is -2.26. The Morgan fingerprint density at radius 3 is 2.53 bits per heavy atom. The van der Waals surface area contributed by atoms with Gasteiger partial charge in [-0.2, -0.15) is 0 Å². The van der Waals surface area contributed by atoms with Gasteiger partial charge in [0.15, 0.2) is 0 Å². The molecule has 0 saturated heterocycles. The van der Waals surface area contributed by atoms with E-state index in [9.17, 15) is 13.2 Å². The number of sulfonamides is 1. The van der Waals surface area contributed by atoms with E-state index in [2.05, 4.69) is 4.72 Å². The topological polar surface area (TPSA) is 115 Å². The maximum Gasteiger partial charge on any atom is 0.242 e. The Kier molecular flexibility index (Phi) is 5.42. The number of nitrogen functional groups attached to an aromatic ring is 1. The van der Waals surface area contributed by atoms with Crippen molar-refractivity contribution in [3.63, 3.8) is 0 Å². The molecule has 1 amide bonds. The number of benzene rings is 1. The van der Waals surface area contributed by atoms with Gasteiger partial charge in [0.2, 0.25) is 15.9 Å². The summed E-state index contributed by atoms with van der Waals surface area (Å²) in [5.41, 5.74) is 10.5. The third kappa shape index (κ3) is 4.24. The van der Waals surface area contributed by atoms with Gasteiger partial charge in [-0.25, -0.2) is 13.1 Å². The number of primary amides is 1. The summed E-state index contributed by atoms with van der Waals surface area (Å²) in [6.45, 7) is 0.0735. The molecule has 6 nitrogen and oxygen atoms in total. The van der Waals surface area contributed by atoms with Gasteiger partial charge in [0.1, 0.15) is 4.90 Å². The van der Waals surface area contributed by atoms with Gasteiger partial charge in [0.05, 0.1) is 15.7 Å². The number of hydrogen-bond acceptors (Lipinski definition) is 4. The van der Waals surface area contributed by atoms with Crippen molar-refractivity contribution >= 4 is 44.8 Å². The van der Waals surface area contributed by atoms with Crippen LogP contribution in [0.4, 0.5) is 5.69 Å². The van der Waals surface area contributed by atoms with Crippen LogP contribution in [0.2, 0.25) is 10.0 Å². The lowest BCUT2D eigenvalue weighted by molar-refractivity contribution is -0.118. The largest absolute Gasteiger partial charge is 0.396 e. The Morgan fingerprint density at radius 1 is 1.32 bits per heavy atom. The highest BCUT2D eigenvalue weighted by molar-refractivity contribution is 7.89. The lowest BCUT2D eigenvalue weighted by Gasteiger charge is -2.10. The molecule has 0 saturated carbocycles. The van der Waals surface area contributed by atoms with Crippen molar-refractivity contribution in [2.45, 2.75) is 17.7 Å². The van der Waals surface area contributed by atoms with Gasteiger partial charge in [-0.1, -0.05) is 23.2 Å². The van der Waals surface area contributed by atoms with E-state index >= 15 is 0 Å². The van der Waals surface area contributed by atoms with Crippen LogP contribution in [0.5, 0.6) is 0 Å². The zero-order valence-corrected chi connectivity index (χ0v) is 12.1. The molecule has 0 radical (unpaired) electrons. The number of halogens is 2. The summed E-state index contributed by atoms with van der Waals surface area (Å²) in [5.74, 6) is -0.493. The summed E-state index contributed by atoms with van der Waals surface area (Å²) in [6, 6.07) is 2.61. The first-order valence-electron chi connectivity index (χ1n) is 5.27. The number of nitrogens with one attached hydrogen (secondary N) is 1. The molecule has 19 heavy (non-hydrogen) atoms. The molecule has 0 bridgehead atoms. The molecule has 0 fully saturated rings. The monoisotopic (exact) mass is 325 g/mol. The number of carbonyl (C=O) groups excluding carboxylic acids is 1. The molecule has 106 valence electrons. The predicted octanol–water partition coefficient (Wildman–Crippen LogP) is 1.12. The van der Waals surface area contributed by atoms with Crippen LogP contribution in [-0.2, 0) is 14.8 Å². The van der Waals surface area contributed by atoms with Crippen molar-refractivity contribution in [1.82, 2.24) is 4.72 Å². The summed E-state index contributed by atoms with van der Waals surface area (Å²) < 4.78 is 26.2. The van der Waals surface area contributed by atoms with E-state index in [-0.39, 0.29) is 33.6 Å². The number of anilines is 1. The predicted molar refractivity (Wildman–Crippen MR) is 74.5 cm³/mol. The fourth-order valence-corrected chi connectivity index (χ4v) is 3.14. The average Bonchev–Trinajstić information content (AvgIpc) is 2.31. The van der Waals surface area contributed by atoms with Gasteiger partial charge in [0.25, 0.3) is 0 Å². The van der Waals surface area contributed by atoms with Crippen molar-refractivity contribution in [2.24, 2.45) is 5.73 Å². The van der Waals surface area contributed by atoms with Gasteiger partial charge >= 0.3 is 0 Å². The van der Waals surface area contributed by atoms with Crippen LogP contribution in [0.1, 0.15) is 12.8 Å². The minimum Gasteiger partial charge on any atom is -0.396 e. The fraction of sp³-hybridized carbons (Fsp3) is 0.300. The second-order valence-electron chi connectivity index (χ2n) is 3.74. The van der Waals surface area contributed by atoms with Crippen molar-refractivity contribution in [1.29, 1.82) is 0 Å². The zero-order chi connectivity index (χ0) is 14.6. The second-order valence-corrected chi connectivity index (χ2v) is 6.26. The first-order valence-corrected chi connectivity index (χ1v) is 7.51. The van der Waals surface area contributed by atoms with E-state index < -0.39 is 15.9 Å². The van der Waals surface area contributed by atoms with Crippen molar-refractivity contribution in [2.75, 3.05) is 12.3 Å².